The minimum absolute atomic E-state index is 0.222. The van der Waals surface area contributed by atoms with E-state index < -0.39 is 7.12 Å². The Morgan fingerprint density at radius 1 is 1.73 bits per heavy atom. The lowest BCUT2D eigenvalue weighted by Crippen LogP contribution is -2.37. The molecule has 1 heterocycles. The zero-order chi connectivity index (χ0) is 8.27. The number of nitrogens with zero attached hydrogens (tertiary/aromatic N) is 2. The highest BCUT2D eigenvalue weighted by atomic mass is 16.5. The van der Waals surface area contributed by atoms with Crippen molar-refractivity contribution in [2.45, 2.75) is 6.73 Å². The summed E-state index contributed by atoms with van der Waals surface area (Å²) in [4.78, 5) is 0. The number of rotatable bonds is 3. The summed E-state index contributed by atoms with van der Waals surface area (Å²) in [5.41, 5.74) is 0.326. The quantitative estimate of drug-likeness (QED) is 0.505. The van der Waals surface area contributed by atoms with Gasteiger partial charge in [-0.05, 0) is 6.07 Å². The number of hydrogen-bond donors (Lipinski definition) is 2. The Bertz CT molecular complexity index is 225. The van der Waals surface area contributed by atoms with Gasteiger partial charge in [-0.2, -0.15) is 5.10 Å². The fourth-order valence-corrected chi connectivity index (χ4v) is 0.792. The van der Waals surface area contributed by atoms with Gasteiger partial charge < -0.3 is 14.8 Å². The van der Waals surface area contributed by atoms with Gasteiger partial charge >= 0.3 is 7.12 Å². The Kier molecular flexibility index (Phi) is 2.64. The van der Waals surface area contributed by atoms with Crippen LogP contribution in [-0.4, -0.2) is 34.1 Å². The molecule has 0 unspecified atom stereocenters. The van der Waals surface area contributed by atoms with E-state index in [0.29, 0.717) is 5.59 Å². The average molecular weight is 156 g/mol. The molecule has 0 saturated carbocycles. The third-order valence-electron chi connectivity index (χ3n) is 1.27. The third kappa shape index (κ3) is 1.80. The van der Waals surface area contributed by atoms with Crippen LogP contribution in [0.4, 0.5) is 0 Å². The van der Waals surface area contributed by atoms with Crippen molar-refractivity contribution in [2.75, 3.05) is 7.11 Å². The van der Waals surface area contributed by atoms with Crippen LogP contribution in [0.1, 0.15) is 0 Å². The van der Waals surface area contributed by atoms with Gasteiger partial charge in [0.1, 0.15) is 6.73 Å². The van der Waals surface area contributed by atoms with Crippen LogP contribution < -0.4 is 5.59 Å². The summed E-state index contributed by atoms with van der Waals surface area (Å²) in [6.07, 6.45) is 1.48. The normalized spacial score (nSPS) is 10.1. The van der Waals surface area contributed by atoms with Crippen LogP contribution in [0.25, 0.3) is 0 Å². The van der Waals surface area contributed by atoms with Crippen molar-refractivity contribution < 1.29 is 14.8 Å². The van der Waals surface area contributed by atoms with Crippen molar-refractivity contribution in [3.63, 3.8) is 0 Å². The molecule has 1 aromatic heterocycles. The van der Waals surface area contributed by atoms with Crippen molar-refractivity contribution in [1.82, 2.24) is 9.78 Å². The van der Waals surface area contributed by atoms with Crippen LogP contribution >= 0.6 is 0 Å². The zero-order valence-electron chi connectivity index (χ0n) is 6.14. The Labute approximate surface area is 64.4 Å². The van der Waals surface area contributed by atoms with Gasteiger partial charge in [0.15, 0.2) is 0 Å². The maximum atomic E-state index is 8.76. The van der Waals surface area contributed by atoms with Gasteiger partial charge in [0.2, 0.25) is 0 Å². The molecule has 0 fully saturated rings. The number of aromatic nitrogens is 2. The molecular formula is C5H9BN2O3. The van der Waals surface area contributed by atoms with Gasteiger partial charge in [-0.1, -0.05) is 0 Å². The molecule has 5 nitrogen and oxygen atoms in total. The SMILES string of the molecule is COCn1nccc1B(O)O. The van der Waals surface area contributed by atoms with Crippen LogP contribution in [0.15, 0.2) is 12.3 Å². The summed E-state index contributed by atoms with van der Waals surface area (Å²) in [6.45, 7) is 0.222. The summed E-state index contributed by atoms with van der Waals surface area (Å²) in [5.74, 6) is 0. The predicted octanol–water partition coefficient (Wildman–Crippen LogP) is -1.83. The Hall–Kier alpha value is -0.845. The van der Waals surface area contributed by atoms with Gasteiger partial charge in [0.25, 0.3) is 0 Å². The summed E-state index contributed by atoms with van der Waals surface area (Å²) in [6, 6.07) is 1.52. The third-order valence-corrected chi connectivity index (χ3v) is 1.27. The molecule has 0 amide bonds. The second kappa shape index (κ2) is 3.52. The van der Waals surface area contributed by atoms with Crippen molar-refractivity contribution in [3.05, 3.63) is 12.3 Å². The highest BCUT2D eigenvalue weighted by Crippen LogP contribution is 1.83. The second-order valence-corrected chi connectivity index (χ2v) is 2.05. The lowest BCUT2D eigenvalue weighted by atomic mass is 9.86. The van der Waals surface area contributed by atoms with E-state index in [4.69, 9.17) is 14.8 Å². The molecule has 0 bridgehead atoms. The van der Waals surface area contributed by atoms with Gasteiger partial charge in [-0.3, -0.25) is 0 Å². The van der Waals surface area contributed by atoms with E-state index in [1.807, 2.05) is 0 Å². The van der Waals surface area contributed by atoms with Gasteiger partial charge in [-0.25, -0.2) is 4.68 Å². The molecule has 1 aromatic rings. The summed E-state index contributed by atoms with van der Waals surface area (Å²) >= 11 is 0. The van der Waals surface area contributed by atoms with Crippen LogP contribution in [-0.2, 0) is 11.5 Å². The first-order valence-electron chi connectivity index (χ1n) is 3.12. The monoisotopic (exact) mass is 156 g/mol. The van der Waals surface area contributed by atoms with Crippen LogP contribution in [0.5, 0.6) is 0 Å². The van der Waals surface area contributed by atoms with Gasteiger partial charge in [-0.15, -0.1) is 0 Å². The highest BCUT2D eigenvalue weighted by molar-refractivity contribution is 6.57. The predicted molar refractivity (Wildman–Crippen MR) is 39.1 cm³/mol. The lowest BCUT2D eigenvalue weighted by Gasteiger charge is -2.03. The molecule has 0 aliphatic rings. The van der Waals surface area contributed by atoms with E-state index in [9.17, 15) is 0 Å². The first-order valence-corrected chi connectivity index (χ1v) is 3.12. The van der Waals surface area contributed by atoms with E-state index in [-0.39, 0.29) is 6.73 Å². The number of hydrogen-bond acceptors (Lipinski definition) is 4. The first-order chi connectivity index (χ1) is 5.25. The largest absolute Gasteiger partial charge is 0.507 e. The van der Waals surface area contributed by atoms with Crippen molar-refractivity contribution in [2.24, 2.45) is 0 Å². The first kappa shape index (κ1) is 8.25. The Morgan fingerprint density at radius 2 is 2.45 bits per heavy atom. The van der Waals surface area contributed by atoms with Crippen molar-refractivity contribution >= 4 is 12.7 Å². The number of methoxy groups -OCH3 is 1. The molecule has 0 aliphatic carbocycles. The fraction of sp³-hybridized carbons (Fsp3) is 0.400. The minimum Gasteiger partial charge on any atom is -0.422 e. The molecule has 6 heteroatoms. The zero-order valence-corrected chi connectivity index (χ0v) is 6.14. The van der Waals surface area contributed by atoms with E-state index in [1.54, 1.807) is 0 Å². The van der Waals surface area contributed by atoms with E-state index in [0.717, 1.165) is 0 Å². The smallest absolute Gasteiger partial charge is 0.422 e. The maximum absolute atomic E-state index is 8.76. The topological polar surface area (TPSA) is 67.5 Å². The summed E-state index contributed by atoms with van der Waals surface area (Å²) < 4.78 is 6.12. The molecule has 0 aromatic carbocycles. The molecule has 0 radical (unpaired) electrons. The minimum atomic E-state index is -1.49. The highest BCUT2D eigenvalue weighted by Gasteiger charge is 2.15. The Morgan fingerprint density at radius 3 is 3.00 bits per heavy atom. The molecular weight excluding hydrogens is 147 g/mol. The lowest BCUT2D eigenvalue weighted by molar-refractivity contribution is 0.122. The molecule has 2 N–H and O–H groups in total. The average Bonchev–Trinajstić information content (AvgIpc) is 2.36. The molecule has 0 saturated heterocycles. The standard InChI is InChI=1S/C5H9BN2O3/c1-11-4-8-5(6(9)10)2-3-7-8/h2-3,9-10H,4H2,1H3. The summed E-state index contributed by atoms with van der Waals surface area (Å²) in [7, 11) is 0.0162. The molecule has 11 heavy (non-hydrogen) atoms. The molecule has 0 aliphatic heterocycles. The fourth-order valence-electron chi connectivity index (χ4n) is 0.792. The number of ether oxygens (including phenoxy) is 1. The summed E-state index contributed by atoms with van der Waals surface area (Å²) in [5, 5.41) is 21.3. The van der Waals surface area contributed by atoms with Crippen LogP contribution in [0, 0.1) is 0 Å². The van der Waals surface area contributed by atoms with E-state index >= 15 is 0 Å². The Balaban J connectivity index is 2.78. The second-order valence-electron chi connectivity index (χ2n) is 2.05. The van der Waals surface area contributed by atoms with E-state index in [2.05, 4.69) is 5.10 Å². The molecule has 0 spiro atoms. The van der Waals surface area contributed by atoms with Crippen molar-refractivity contribution in [3.8, 4) is 0 Å². The molecule has 60 valence electrons. The molecule has 0 atom stereocenters. The van der Waals surface area contributed by atoms with Crippen molar-refractivity contribution in [1.29, 1.82) is 0 Å². The van der Waals surface area contributed by atoms with Crippen LogP contribution in [0.3, 0.4) is 0 Å². The van der Waals surface area contributed by atoms with Gasteiger partial charge in [0.05, 0.1) is 5.59 Å². The van der Waals surface area contributed by atoms with Crippen LogP contribution in [0.2, 0.25) is 0 Å². The maximum Gasteiger partial charge on any atom is 0.507 e. The molecule has 1 rings (SSSR count). The van der Waals surface area contributed by atoms with Gasteiger partial charge in [0, 0.05) is 13.3 Å². The van der Waals surface area contributed by atoms with E-state index in [1.165, 1.54) is 24.1 Å².